The van der Waals surface area contributed by atoms with Crippen molar-refractivity contribution in [3.63, 3.8) is 0 Å². The molecule has 0 saturated heterocycles. The number of nitrogens with zero attached hydrogens (tertiary/aromatic N) is 2. The Bertz CT molecular complexity index is 1020. The molecule has 1 aromatic heterocycles. The van der Waals surface area contributed by atoms with E-state index in [1.54, 1.807) is 37.2 Å². The molecule has 1 atom stereocenters. The average Bonchev–Trinajstić information content (AvgIpc) is 3.10. The Morgan fingerprint density at radius 3 is 2.70 bits per heavy atom. The second kappa shape index (κ2) is 6.75. The van der Waals surface area contributed by atoms with Crippen molar-refractivity contribution in [2.75, 3.05) is 19.5 Å². The maximum absolute atomic E-state index is 13.6. The van der Waals surface area contributed by atoms with E-state index in [9.17, 15) is 9.18 Å². The third-order valence-corrected chi connectivity index (χ3v) is 4.67. The van der Waals surface area contributed by atoms with Crippen molar-refractivity contribution < 1.29 is 18.7 Å². The summed E-state index contributed by atoms with van der Waals surface area (Å²) < 4.78 is 26.0. The van der Waals surface area contributed by atoms with Crippen molar-refractivity contribution in [3.8, 4) is 17.2 Å². The van der Waals surface area contributed by atoms with E-state index in [1.807, 2.05) is 18.2 Å². The summed E-state index contributed by atoms with van der Waals surface area (Å²) in [7, 11) is 3.14. The highest BCUT2D eigenvalue weighted by molar-refractivity contribution is 5.94. The Kier molecular flexibility index (Phi) is 4.27. The van der Waals surface area contributed by atoms with Crippen LogP contribution in [0.1, 0.15) is 23.6 Å². The summed E-state index contributed by atoms with van der Waals surface area (Å²) in [4.78, 5) is 16.9. The van der Waals surface area contributed by atoms with Crippen molar-refractivity contribution in [1.82, 2.24) is 9.55 Å². The van der Waals surface area contributed by atoms with Crippen LogP contribution in [-0.2, 0) is 4.79 Å². The molecule has 1 aliphatic heterocycles. The molecule has 0 aliphatic carbocycles. The van der Waals surface area contributed by atoms with E-state index in [1.165, 1.54) is 12.1 Å². The summed E-state index contributed by atoms with van der Waals surface area (Å²) in [5.74, 6) is 1.05. The number of amides is 1. The standard InChI is InChI=1S/C20H18FN3O3/c1-26-16-7-6-12(8-17(16)27-2)15-10-18(25)23-20-19(15)22-11-24(20)14-5-3-4-13(21)9-14/h3-9,11,15H,10H2,1-2H3,(H,23,25). The molecule has 4 rings (SSSR count). The molecule has 2 aromatic carbocycles. The predicted molar refractivity (Wildman–Crippen MR) is 98.2 cm³/mol. The van der Waals surface area contributed by atoms with Gasteiger partial charge in [-0.25, -0.2) is 9.37 Å². The molecule has 2 heterocycles. The van der Waals surface area contributed by atoms with Gasteiger partial charge in [0, 0.05) is 12.3 Å². The van der Waals surface area contributed by atoms with Gasteiger partial charge in [-0.1, -0.05) is 12.1 Å². The van der Waals surface area contributed by atoms with Gasteiger partial charge in [-0.2, -0.15) is 0 Å². The highest BCUT2D eigenvalue weighted by Gasteiger charge is 2.31. The van der Waals surface area contributed by atoms with Gasteiger partial charge in [-0.15, -0.1) is 0 Å². The topological polar surface area (TPSA) is 65.4 Å². The Balaban J connectivity index is 1.80. The van der Waals surface area contributed by atoms with Crippen LogP contribution >= 0.6 is 0 Å². The van der Waals surface area contributed by atoms with Gasteiger partial charge >= 0.3 is 0 Å². The molecular weight excluding hydrogens is 349 g/mol. The van der Waals surface area contributed by atoms with Gasteiger partial charge in [-0.05, 0) is 35.9 Å². The fourth-order valence-corrected chi connectivity index (χ4v) is 3.37. The monoisotopic (exact) mass is 367 g/mol. The largest absolute Gasteiger partial charge is 0.493 e. The lowest BCUT2D eigenvalue weighted by molar-refractivity contribution is -0.116. The smallest absolute Gasteiger partial charge is 0.226 e. The molecule has 0 spiro atoms. The Morgan fingerprint density at radius 2 is 1.96 bits per heavy atom. The van der Waals surface area contributed by atoms with Crippen molar-refractivity contribution in [2.24, 2.45) is 0 Å². The zero-order valence-corrected chi connectivity index (χ0v) is 14.9. The van der Waals surface area contributed by atoms with Crippen LogP contribution in [0.2, 0.25) is 0 Å². The van der Waals surface area contributed by atoms with E-state index < -0.39 is 0 Å². The summed E-state index contributed by atoms with van der Waals surface area (Å²) in [6.45, 7) is 0. The number of hydrogen-bond acceptors (Lipinski definition) is 4. The number of imidazole rings is 1. The number of fused-ring (bicyclic) bond motifs is 1. The minimum Gasteiger partial charge on any atom is -0.493 e. The SMILES string of the molecule is COc1ccc(C2CC(=O)Nc3c2ncn3-c2cccc(F)c2)cc1OC. The second-order valence-corrected chi connectivity index (χ2v) is 6.25. The second-order valence-electron chi connectivity index (χ2n) is 6.25. The first-order valence-corrected chi connectivity index (χ1v) is 8.45. The number of nitrogens with one attached hydrogen (secondary N) is 1. The van der Waals surface area contributed by atoms with Crippen LogP contribution in [0.25, 0.3) is 5.69 Å². The maximum Gasteiger partial charge on any atom is 0.226 e. The quantitative estimate of drug-likeness (QED) is 0.766. The Morgan fingerprint density at radius 1 is 1.15 bits per heavy atom. The lowest BCUT2D eigenvalue weighted by Crippen LogP contribution is -2.25. The van der Waals surface area contributed by atoms with E-state index in [-0.39, 0.29) is 24.1 Å². The van der Waals surface area contributed by atoms with Crippen LogP contribution in [0, 0.1) is 5.82 Å². The van der Waals surface area contributed by atoms with E-state index in [0.717, 1.165) is 11.3 Å². The molecule has 1 unspecified atom stereocenters. The number of carbonyl (C=O) groups is 1. The highest BCUT2D eigenvalue weighted by atomic mass is 19.1. The number of anilines is 1. The first-order valence-electron chi connectivity index (χ1n) is 8.45. The first kappa shape index (κ1) is 17.1. The van der Waals surface area contributed by atoms with Gasteiger partial charge in [0.25, 0.3) is 0 Å². The molecule has 0 radical (unpaired) electrons. The fraction of sp³-hybridized carbons (Fsp3) is 0.200. The van der Waals surface area contributed by atoms with E-state index in [0.29, 0.717) is 23.0 Å². The maximum atomic E-state index is 13.6. The molecule has 7 heteroatoms. The van der Waals surface area contributed by atoms with Gasteiger partial charge in [0.2, 0.25) is 5.91 Å². The van der Waals surface area contributed by atoms with Crippen LogP contribution < -0.4 is 14.8 Å². The molecule has 0 bridgehead atoms. The summed E-state index contributed by atoms with van der Waals surface area (Å²) in [5.41, 5.74) is 2.22. The molecule has 1 aliphatic rings. The molecule has 1 N–H and O–H groups in total. The van der Waals surface area contributed by atoms with Gasteiger partial charge in [0.15, 0.2) is 11.5 Å². The number of methoxy groups -OCH3 is 2. The normalized spacial score (nSPS) is 15.8. The molecule has 138 valence electrons. The first-order chi connectivity index (χ1) is 13.1. The predicted octanol–water partition coefficient (Wildman–Crippen LogP) is 3.50. The number of hydrogen-bond donors (Lipinski definition) is 1. The molecule has 0 fully saturated rings. The van der Waals surface area contributed by atoms with E-state index in [4.69, 9.17) is 9.47 Å². The molecule has 3 aromatic rings. The zero-order valence-electron chi connectivity index (χ0n) is 14.9. The van der Waals surface area contributed by atoms with Crippen molar-refractivity contribution in [3.05, 3.63) is 65.9 Å². The Labute approximate surface area is 155 Å². The third kappa shape index (κ3) is 3.01. The van der Waals surface area contributed by atoms with Crippen molar-refractivity contribution in [1.29, 1.82) is 0 Å². The van der Waals surface area contributed by atoms with Crippen LogP contribution in [-0.4, -0.2) is 29.7 Å². The van der Waals surface area contributed by atoms with Crippen molar-refractivity contribution >= 4 is 11.7 Å². The lowest BCUT2D eigenvalue weighted by Gasteiger charge is -2.24. The summed E-state index contributed by atoms with van der Waals surface area (Å²) >= 11 is 0. The number of ether oxygens (including phenoxy) is 2. The summed E-state index contributed by atoms with van der Waals surface area (Å²) in [5, 5.41) is 2.86. The number of rotatable bonds is 4. The molecule has 27 heavy (non-hydrogen) atoms. The average molecular weight is 367 g/mol. The van der Waals surface area contributed by atoms with Gasteiger partial charge in [-0.3, -0.25) is 9.36 Å². The van der Waals surface area contributed by atoms with Gasteiger partial charge in [0.05, 0.1) is 25.6 Å². The zero-order chi connectivity index (χ0) is 19.0. The van der Waals surface area contributed by atoms with Crippen LogP contribution in [0.3, 0.4) is 0 Å². The number of carbonyl (C=O) groups excluding carboxylic acids is 1. The number of aromatic nitrogens is 2. The molecule has 0 saturated carbocycles. The van der Waals surface area contributed by atoms with Gasteiger partial charge in [0.1, 0.15) is 18.0 Å². The number of benzene rings is 2. The van der Waals surface area contributed by atoms with Crippen LogP contribution in [0.4, 0.5) is 10.2 Å². The van der Waals surface area contributed by atoms with Gasteiger partial charge < -0.3 is 14.8 Å². The summed E-state index contributed by atoms with van der Waals surface area (Å²) in [6.07, 6.45) is 1.86. The molecular formula is C20H18FN3O3. The molecule has 6 nitrogen and oxygen atoms in total. The Hall–Kier alpha value is -3.35. The van der Waals surface area contributed by atoms with Crippen molar-refractivity contribution in [2.45, 2.75) is 12.3 Å². The van der Waals surface area contributed by atoms with Crippen LogP contribution in [0.15, 0.2) is 48.8 Å². The minimum atomic E-state index is -0.353. The number of halogens is 1. The summed E-state index contributed by atoms with van der Waals surface area (Å²) in [6, 6.07) is 11.7. The van der Waals surface area contributed by atoms with E-state index in [2.05, 4.69) is 10.3 Å². The molecule has 1 amide bonds. The van der Waals surface area contributed by atoms with E-state index >= 15 is 0 Å². The van der Waals surface area contributed by atoms with Crippen LogP contribution in [0.5, 0.6) is 11.5 Å². The third-order valence-electron chi connectivity index (χ3n) is 4.67. The lowest BCUT2D eigenvalue weighted by atomic mass is 9.89. The fourth-order valence-electron chi connectivity index (χ4n) is 3.37. The minimum absolute atomic E-state index is 0.125. The highest BCUT2D eigenvalue weighted by Crippen LogP contribution is 2.40.